The highest BCUT2D eigenvalue weighted by Crippen LogP contribution is 2.22. The van der Waals surface area contributed by atoms with Crippen molar-refractivity contribution in [3.63, 3.8) is 0 Å². The monoisotopic (exact) mass is 196 g/mol. The second-order valence-electron chi connectivity index (χ2n) is 4.95. The Bertz CT molecular complexity index is 162. The van der Waals surface area contributed by atoms with E-state index in [-0.39, 0.29) is 0 Å². The minimum Gasteiger partial charge on any atom is -0.312 e. The van der Waals surface area contributed by atoms with Crippen molar-refractivity contribution in [2.75, 3.05) is 20.1 Å². The van der Waals surface area contributed by atoms with Crippen molar-refractivity contribution in [1.29, 1.82) is 0 Å². The molecule has 0 amide bonds. The van der Waals surface area contributed by atoms with Crippen molar-refractivity contribution in [2.45, 2.75) is 57.0 Å². The van der Waals surface area contributed by atoms with Gasteiger partial charge >= 0.3 is 0 Å². The van der Waals surface area contributed by atoms with Gasteiger partial charge in [-0.05, 0) is 45.8 Å². The quantitative estimate of drug-likeness (QED) is 0.690. The average molecular weight is 196 g/mol. The zero-order valence-corrected chi connectivity index (χ0v) is 9.47. The Morgan fingerprint density at radius 1 is 1.00 bits per heavy atom. The molecule has 2 atom stereocenters. The lowest BCUT2D eigenvalue weighted by atomic mass is 9.93. The molecule has 0 aliphatic carbocycles. The Balaban J connectivity index is 1.90. The van der Waals surface area contributed by atoms with E-state index in [9.17, 15) is 0 Å². The van der Waals surface area contributed by atoms with Crippen LogP contribution in [0.2, 0.25) is 0 Å². The molecule has 0 radical (unpaired) electrons. The molecule has 14 heavy (non-hydrogen) atoms. The molecule has 2 rings (SSSR count). The number of hydrogen-bond acceptors (Lipinski definition) is 2. The molecule has 2 aliphatic heterocycles. The van der Waals surface area contributed by atoms with Crippen LogP contribution in [0.15, 0.2) is 0 Å². The van der Waals surface area contributed by atoms with Crippen LogP contribution in [0.3, 0.4) is 0 Å². The molecule has 1 N–H and O–H groups in total. The zero-order chi connectivity index (χ0) is 9.80. The average Bonchev–Trinajstić information content (AvgIpc) is 2.47. The number of nitrogens with zero attached hydrogens (tertiary/aromatic N) is 1. The van der Waals surface area contributed by atoms with Crippen LogP contribution >= 0.6 is 0 Å². The molecule has 0 spiro atoms. The highest BCUT2D eigenvalue weighted by molar-refractivity contribution is 4.87. The van der Waals surface area contributed by atoms with Gasteiger partial charge in [0.2, 0.25) is 0 Å². The standard InChI is InChI=1S/C12H24N2/c1-14-10-6-4-8-12(14)11-7-3-2-5-9-13-11/h11-13H,2-10H2,1H3/t11-,12+/m1/s1. The summed E-state index contributed by atoms with van der Waals surface area (Å²) in [4.78, 5) is 2.58. The smallest absolute Gasteiger partial charge is 0.0246 e. The maximum Gasteiger partial charge on any atom is 0.0246 e. The molecule has 0 saturated carbocycles. The van der Waals surface area contributed by atoms with Crippen molar-refractivity contribution < 1.29 is 0 Å². The van der Waals surface area contributed by atoms with E-state index in [4.69, 9.17) is 0 Å². The third-order valence-corrected chi connectivity index (χ3v) is 3.89. The predicted octanol–water partition coefficient (Wildman–Crippen LogP) is 2.00. The number of piperidine rings is 1. The van der Waals surface area contributed by atoms with Gasteiger partial charge in [-0.15, -0.1) is 0 Å². The summed E-state index contributed by atoms with van der Waals surface area (Å²) in [7, 11) is 2.30. The topological polar surface area (TPSA) is 15.3 Å². The van der Waals surface area contributed by atoms with Gasteiger partial charge in [0.1, 0.15) is 0 Å². The predicted molar refractivity (Wildman–Crippen MR) is 60.5 cm³/mol. The SMILES string of the molecule is CN1CCCC[C@H]1[C@H]1CCCCCN1. The molecule has 0 aromatic rings. The molecule has 82 valence electrons. The Labute approximate surface area is 88.1 Å². The van der Waals surface area contributed by atoms with Gasteiger partial charge < -0.3 is 10.2 Å². The van der Waals surface area contributed by atoms with Crippen LogP contribution in [0.25, 0.3) is 0 Å². The molecule has 2 nitrogen and oxygen atoms in total. The van der Waals surface area contributed by atoms with E-state index in [1.165, 1.54) is 58.0 Å². The molecule has 2 saturated heterocycles. The third-order valence-electron chi connectivity index (χ3n) is 3.89. The van der Waals surface area contributed by atoms with Gasteiger partial charge in [-0.2, -0.15) is 0 Å². The number of rotatable bonds is 1. The van der Waals surface area contributed by atoms with Crippen molar-refractivity contribution in [2.24, 2.45) is 0 Å². The largest absolute Gasteiger partial charge is 0.312 e. The van der Waals surface area contributed by atoms with Gasteiger partial charge in [0.25, 0.3) is 0 Å². The molecule has 2 heterocycles. The van der Waals surface area contributed by atoms with Crippen LogP contribution in [-0.4, -0.2) is 37.1 Å². The maximum absolute atomic E-state index is 3.74. The van der Waals surface area contributed by atoms with E-state index >= 15 is 0 Å². The molecule has 2 fully saturated rings. The van der Waals surface area contributed by atoms with E-state index in [1.807, 2.05) is 0 Å². The molecule has 0 aromatic heterocycles. The van der Waals surface area contributed by atoms with Crippen LogP contribution in [0, 0.1) is 0 Å². The fourth-order valence-electron chi connectivity index (χ4n) is 2.99. The zero-order valence-electron chi connectivity index (χ0n) is 9.47. The number of likely N-dealkylation sites (tertiary alicyclic amines) is 1. The lowest BCUT2D eigenvalue weighted by Crippen LogP contribution is -2.50. The van der Waals surface area contributed by atoms with E-state index in [1.54, 1.807) is 0 Å². The highest BCUT2D eigenvalue weighted by Gasteiger charge is 2.27. The van der Waals surface area contributed by atoms with Crippen LogP contribution in [0.4, 0.5) is 0 Å². The highest BCUT2D eigenvalue weighted by atomic mass is 15.2. The summed E-state index contributed by atoms with van der Waals surface area (Å²) in [6.45, 7) is 2.55. The van der Waals surface area contributed by atoms with E-state index < -0.39 is 0 Å². The molecule has 0 unspecified atom stereocenters. The Morgan fingerprint density at radius 2 is 1.86 bits per heavy atom. The van der Waals surface area contributed by atoms with Crippen molar-refractivity contribution in [3.05, 3.63) is 0 Å². The van der Waals surface area contributed by atoms with Gasteiger partial charge in [0.15, 0.2) is 0 Å². The summed E-state index contributed by atoms with van der Waals surface area (Å²) < 4.78 is 0. The Hall–Kier alpha value is -0.0800. The fraction of sp³-hybridized carbons (Fsp3) is 1.00. The molecule has 2 aliphatic rings. The summed E-state index contributed by atoms with van der Waals surface area (Å²) in [5.41, 5.74) is 0. The number of hydrogen-bond donors (Lipinski definition) is 1. The fourth-order valence-corrected chi connectivity index (χ4v) is 2.99. The minimum absolute atomic E-state index is 0.780. The third kappa shape index (κ3) is 2.48. The first-order valence-electron chi connectivity index (χ1n) is 6.31. The van der Waals surface area contributed by atoms with E-state index in [2.05, 4.69) is 17.3 Å². The first-order chi connectivity index (χ1) is 6.88. The van der Waals surface area contributed by atoms with Crippen LogP contribution in [-0.2, 0) is 0 Å². The number of nitrogens with one attached hydrogen (secondary N) is 1. The molecular weight excluding hydrogens is 172 g/mol. The second-order valence-corrected chi connectivity index (χ2v) is 4.95. The first-order valence-corrected chi connectivity index (χ1v) is 6.31. The summed E-state index contributed by atoms with van der Waals surface area (Å²) in [5, 5.41) is 3.74. The summed E-state index contributed by atoms with van der Waals surface area (Å²) in [6, 6.07) is 1.60. The summed E-state index contributed by atoms with van der Waals surface area (Å²) >= 11 is 0. The molecule has 2 heteroatoms. The van der Waals surface area contributed by atoms with Crippen molar-refractivity contribution in [1.82, 2.24) is 10.2 Å². The van der Waals surface area contributed by atoms with Crippen molar-refractivity contribution in [3.8, 4) is 0 Å². The lowest BCUT2D eigenvalue weighted by Gasteiger charge is -2.38. The van der Waals surface area contributed by atoms with Gasteiger partial charge in [-0.3, -0.25) is 0 Å². The normalized spacial score (nSPS) is 36.6. The van der Waals surface area contributed by atoms with Gasteiger partial charge in [-0.25, -0.2) is 0 Å². The Morgan fingerprint density at radius 3 is 2.71 bits per heavy atom. The molecule has 0 aromatic carbocycles. The lowest BCUT2D eigenvalue weighted by molar-refractivity contribution is 0.142. The Kier molecular flexibility index (Phi) is 3.82. The molecule has 0 bridgehead atoms. The van der Waals surface area contributed by atoms with Crippen LogP contribution < -0.4 is 5.32 Å². The van der Waals surface area contributed by atoms with E-state index in [0.717, 1.165) is 12.1 Å². The van der Waals surface area contributed by atoms with E-state index in [0.29, 0.717) is 0 Å². The molecular formula is C12H24N2. The van der Waals surface area contributed by atoms with Crippen molar-refractivity contribution >= 4 is 0 Å². The van der Waals surface area contributed by atoms with Crippen LogP contribution in [0.1, 0.15) is 44.9 Å². The first kappa shape index (κ1) is 10.4. The summed E-state index contributed by atoms with van der Waals surface area (Å²) in [5.74, 6) is 0. The van der Waals surface area contributed by atoms with Crippen LogP contribution in [0.5, 0.6) is 0 Å². The minimum atomic E-state index is 0.780. The maximum atomic E-state index is 3.74. The summed E-state index contributed by atoms with van der Waals surface area (Å²) in [6.07, 6.45) is 9.89. The van der Waals surface area contributed by atoms with Gasteiger partial charge in [-0.1, -0.05) is 19.3 Å². The number of likely N-dealkylation sites (N-methyl/N-ethyl adjacent to an activating group) is 1. The second kappa shape index (κ2) is 5.13. The van der Waals surface area contributed by atoms with Gasteiger partial charge in [0.05, 0.1) is 0 Å². The van der Waals surface area contributed by atoms with Gasteiger partial charge in [0, 0.05) is 12.1 Å².